The van der Waals surface area contributed by atoms with Gasteiger partial charge in [-0.3, -0.25) is 4.79 Å². The second kappa shape index (κ2) is 7.41. The fourth-order valence-corrected chi connectivity index (χ4v) is 2.61. The molecule has 1 aliphatic rings. The van der Waals surface area contributed by atoms with Gasteiger partial charge in [-0.05, 0) is 45.0 Å². The summed E-state index contributed by atoms with van der Waals surface area (Å²) in [4.78, 5) is 14.2. The number of likely N-dealkylation sites (tertiary alicyclic amines) is 1. The average molecular weight is 275 g/mol. The third-order valence-corrected chi connectivity index (χ3v) is 3.99. The predicted octanol–water partition coefficient (Wildman–Crippen LogP) is 1.68. The van der Waals surface area contributed by atoms with Crippen LogP contribution in [0.3, 0.4) is 0 Å². The number of hydrogen-bond donors (Lipinski definition) is 2. The maximum absolute atomic E-state index is 11.9. The lowest BCUT2D eigenvalue weighted by Crippen LogP contribution is -2.43. The number of nitrogens with two attached hydrogens (primary N) is 1. The van der Waals surface area contributed by atoms with Crippen LogP contribution in [0, 0.1) is 0 Å². The Morgan fingerprint density at radius 2 is 2.00 bits per heavy atom. The second-order valence-corrected chi connectivity index (χ2v) is 5.70. The average Bonchev–Trinajstić information content (AvgIpc) is 2.48. The Labute approximate surface area is 121 Å². The number of benzene rings is 1. The summed E-state index contributed by atoms with van der Waals surface area (Å²) < 4.78 is 0. The Kier molecular flexibility index (Phi) is 5.56. The normalized spacial score (nSPS) is 18.7. The molecule has 0 radical (unpaired) electrons. The Morgan fingerprint density at radius 3 is 2.65 bits per heavy atom. The van der Waals surface area contributed by atoms with E-state index in [0.717, 1.165) is 31.5 Å². The van der Waals surface area contributed by atoms with Gasteiger partial charge in [0.1, 0.15) is 0 Å². The molecule has 1 fully saturated rings. The van der Waals surface area contributed by atoms with Crippen molar-refractivity contribution < 1.29 is 4.79 Å². The van der Waals surface area contributed by atoms with Crippen molar-refractivity contribution in [2.75, 3.05) is 20.1 Å². The summed E-state index contributed by atoms with van der Waals surface area (Å²) in [6.07, 6.45) is 3.30. The van der Waals surface area contributed by atoms with Gasteiger partial charge in [0.2, 0.25) is 5.91 Å². The van der Waals surface area contributed by atoms with Crippen LogP contribution < -0.4 is 11.1 Å². The second-order valence-electron chi connectivity index (χ2n) is 5.70. The third-order valence-electron chi connectivity index (χ3n) is 3.99. The van der Waals surface area contributed by atoms with Gasteiger partial charge in [0.05, 0.1) is 0 Å². The molecule has 1 saturated heterocycles. The van der Waals surface area contributed by atoms with E-state index in [2.05, 4.69) is 17.3 Å². The molecule has 0 saturated carbocycles. The van der Waals surface area contributed by atoms with Crippen LogP contribution in [0.2, 0.25) is 0 Å². The minimum absolute atomic E-state index is 0.0561. The van der Waals surface area contributed by atoms with E-state index < -0.39 is 0 Å². The molecule has 1 amide bonds. The molecule has 0 aromatic heterocycles. The Morgan fingerprint density at radius 1 is 1.35 bits per heavy atom. The van der Waals surface area contributed by atoms with Crippen molar-refractivity contribution >= 4 is 5.91 Å². The number of piperidine rings is 1. The smallest absolute Gasteiger partial charge is 0.220 e. The highest BCUT2D eigenvalue weighted by molar-refractivity contribution is 5.76. The van der Waals surface area contributed by atoms with E-state index in [0.29, 0.717) is 18.9 Å². The van der Waals surface area contributed by atoms with Gasteiger partial charge in [-0.15, -0.1) is 0 Å². The molecule has 1 atom stereocenters. The number of nitrogens with zero attached hydrogens (tertiary/aromatic N) is 1. The fourth-order valence-electron chi connectivity index (χ4n) is 2.61. The zero-order valence-electron chi connectivity index (χ0n) is 12.2. The van der Waals surface area contributed by atoms with E-state index in [1.165, 1.54) is 0 Å². The monoisotopic (exact) mass is 275 g/mol. The summed E-state index contributed by atoms with van der Waals surface area (Å²) in [6.45, 7) is 2.13. The van der Waals surface area contributed by atoms with Crippen LogP contribution in [0.5, 0.6) is 0 Å². The van der Waals surface area contributed by atoms with Crippen molar-refractivity contribution in [1.82, 2.24) is 10.2 Å². The molecular weight excluding hydrogens is 250 g/mol. The summed E-state index contributed by atoms with van der Waals surface area (Å²) in [5, 5.41) is 3.13. The van der Waals surface area contributed by atoms with E-state index in [4.69, 9.17) is 5.73 Å². The topological polar surface area (TPSA) is 58.4 Å². The van der Waals surface area contributed by atoms with E-state index in [-0.39, 0.29) is 11.9 Å². The largest absolute Gasteiger partial charge is 0.353 e. The van der Waals surface area contributed by atoms with E-state index in [9.17, 15) is 4.79 Å². The van der Waals surface area contributed by atoms with Gasteiger partial charge < -0.3 is 16.0 Å². The van der Waals surface area contributed by atoms with Gasteiger partial charge in [-0.1, -0.05) is 30.3 Å². The quantitative estimate of drug-likeness (QED) is 0.859. The first-order chi connectivity index (χ1) is 9.65. The van der Waals surface area contributed by atoms with Crippen LogP contribution >= 0.6 is 0 Å². The lowest BCUT2D eigenvalue weighted by Gasteiger charge is -2.29. The molecule has 1 aliphatic heterocycles. The molecule has 2 rings (SSSR count). The maximum Gasteiger partial charge on any atom is 0.220 e. The number of rotatable bonds is 5. The maximum atomic E-state index is 11.9. The first-order valence-corrected chi connectivity index (χ1v) is 7.43. The number of amides is 1. The van der Waals surface area contributed by atoms with Crippen molar-refractivity contribution in [3.63, 3.8) is 0 Å². The molecule has 0 aliphatic carbocycles. The van der Waals surface area contributed by atoms with Gasteiger partial charge in [0, 0.05) is 18.5 Å². The molecule has 0 bridgehead atoms. The van der Waals surface area contributed by atoms with Crippen LogP contribution in [0.25, 0.3) is 0 Å². The summed E-state index contributed by atoms with van der Waals surface area (Å²) in [7, 11) is 2.12. The van der Waals surface area contributed by atoms with Crippen LogP contribution in [0.15, 0.2) is 30.3 Å². The van der Waals surface area contributed by atoms with Crippen LogP contribution in [-0.2, 0) is 4.79 Å². The highest BCUT2D eigenvalue weighted by atomic mass is 16.1. The molecule has 1 aromatic carbocycles. The Balaban J connectivity index is 1.70. The van der Waals surface area contributed by atoms with Gasteiger partial charge in [-0.25, -0.2) is 0 Å². The highest BCUT2D eigenvalue weighted by Gasteiger charge is 2.18. The predicted molar refractivity (Wildman–Crippen MR) is 81.3 cm³/mol. The van der Waals surface area contributed by atoms with Gasteiger partial charge in [-0.2, -0.15) is 0 Å². The summed E-state index contributed by atoms with van der Waals surface area (Å²) in [6, 6.07) is 10.2. The standard InChI is InChI=1S/C16H25N3O/c1-19-11-9-14(10-12-19)18-16(20)8-7-15(17)13-5-3-2-4-6-13/h2-6,14-15H,7-12,17H2,1H3,(H,18,20). The van der Waals surface area contributed by atoms with Gasteiger partial charge >= 0.3 is 0 Å². The summed E-state index contributed by atoms with van der Waals surface area (Å²) in [5.74, 6) is 0.130. The van der Waals surface area contributed by atoms with E-state index in [1.807, 2.05) is 30.3 Å². The van der Waals surface area contributed by atoms with Crippen LogP contribution in [-0.4, -0.2) is 37.0 Å². The highest BCUT2D eigenvalue weighted by Crippen LogP contribution is 2.15. The molecule has 0 spiro atoms. The van der Waals surface area contributed by atoms with E-state index in [1.54, 1.807) is 0 Å². The zero-order valence-corrected chi connectivity index (χ0v) is 12.2. The van der Waals surface area contributed by atoms with Gasteiger partial charge in [0.15, 0.2) is 0 Å². The molecule has 1 unspecified atom stereocenters. The zero-order chi connectivity index (χ0) is 14.4. The molecule has 3 N–H and O–H groups in total. The van der Waals surface area contributed by atoms with Crippen molar-refractivity contribution in [2.45, 2.75) is 37.8 Å². The van der Waals surface area contributed by atoms with Crippen molar-refractivity contribution in [3.05, 3.63) is 35.9 Å². The Bertz CT molecular complexity index is 413. The molecule has 1 aromatic rings. The van der Waals surface area contributed by atoms with Crippen molar-refractivity contribution in [3.8, 4) is 0 Å². The molecule has 4 heteroatoms. The molecule has 110 valence electrons. The molecular formula is C16H25N3O. The van der Waals surface area contributed by atoms with Crippen LogP contribution in [0.4, 0.5) is 0 Å². The van der Waals surface area contributed by atoms with Crippen LogP contribution in [0.1, 0.15) is 37.3 Å². The Hall–Kier alpha value is -1.39. The SMILES string of the molecule is CN1CCC(NC(=O)CCC(N)c2ccccc2)CC1. The number of hydrogen-bond acceptors (Lipinski definition) is 3. The minimum Gasteiger partial charge on any atom is -0.353 e. The number of nitrogens with one attached hydrogen (secondary N) is 1. The summed E-state index contributed by atoms with van der Waals surface area (Å²) >= 11 is 0. The fraction of sp³-hybridized carbons (Fsp3) is 0.562. The van der Waals surface area contributed by atoms with Crippen molar-refractivity contribution in [1.29, 1.82) is 0 Å². The summed E-state index contributed by atoms with van der Waals surface area (Å²) in [5.41, 5.74) is 7.20. The lowest BCUT2D eigenvalue weighted by atomic mass is 10.0. The molecule has 4 nitrogen and oxygen atoms in total. The first kappa shape index (κ1) is 15.0. The minimum atomic E-state index is -0.0561. The number of carbonyl (C=O) groups is 1. The van der Waals surface area contributed by atoms with Crippen molar-refractivity contribution in [2.24, 2.45) is 5.73 Å². The third kappa shape index (κ3) is 4.62. The van der Waals surface area contributed by atoms with E-state index >= 15 is 0 Å². The molecule has 1 heterocycles. The van der Waals surface area contributed by atoms with Gasteiger partial charge in [0.25, 0.3) is 0 Å². The molecule has 20 heavy (non-hydrogen) atoms. The first-order valence-electron chi connectivity index (χ1n) is 7.43. The number of carbonyl (C=O) groups excluding carboxylic acids is 1. The lowest BCUT2D eigenvalue weighted by molar-refractivity contribution is -0.122.